The zero-order valence-corrected chi connectivity index (χ0v) is 14.2. The van der Waals surface area contributed by atoms with Crippen LogP contribution in [0.4, 0.5) is 11.4 Å². The van der Waals surface area contributed by atoms with Crippen molar-refractivity contribution in [2.24, 2.45) is 0 Å². The van der Waals surface area contributed by atoms with Crippen LogP contribution >= 0.6 is 0 Å². The Hall–Kier alpha value is -3.13. The van der Waals surface area contributed by atoms with E-state index in [1.807, 2.05) is 24.3 Å². The molecule has 0 amide bonds. The quantitative estimate of drug-likeness (QED) is 0.723. The lowest BCUT2D eigenvalue weighted by molar-refractivity contribution is 0.652. The second-order valence-electron chi connectivity index (χ2n) is 6.29. The third-order valence-corrected chi connectivity index (χ3v) is 4.80. The molecule has 1 fully saturated rings. The number of hydrogen-bond donors (Lipinski definition) is 0. The lowest BCUT2D eigenvalue weighted by atomic mass is 10.1. The van der Waals surface area contributed by atoms with Gasteiger partial charge in [-0.05, 0) is 24.6 Å². The predicted octanol–water partition coefficient (Wildman–Crippen LogP) is 3.14. The molecule has 2 heterocycles. The van der Waals surface area contributed by atoms with Crippen molar-refractivity contribution in [3.63, 3.8) is 0 Å². The number of benzene rings is 2. The summed E-state index contributed by atoms with van der Waals surface area (Å²) >= 11 is 0. The molecule has 1 aliphatic rings. The summed E-state index contributed by atoms with van der Waals surface area (Å²) in [7, 11) is 0. The highest BCUT2D eigenvalue weighted by molar-refractivity contribution is 5.93. The summed E-state index contributed by atoms with van der Waals surface area (Å²) in [6.45, 7) is 5.71. The molecule has 0 saturated carbocycles. The fourth-order valence-corrected chi connectivity index (χ4v) is 3.52. The van der Waals surface area contributed by atoms with Gasteiger partial charge in [0.25, 0.3) is 0 Å². The van der Waals surface area contributed by atoms with Crippen LogP contribution in [-0.4, -0.2) is 36.4 Å². The Morgan fingerprint density at radius 2 is 1.56 bits per heavy atom. The molecule has 4 rings (SSSR count). The van der Waals surface area contributed by atoms with E-state index >= 15 is 0 Å². The van der Waals surface area contributed by atoms with Crippen molar-refractivity contribution in [2.45, 2.75) is 6.92 Å². The van der Waals surface area contributed by atoms with Crippen LogP contribution in [0.2, 0.25) is 0 Å². The van der Waals surface area contributed by atoms with Gasteiger partial charge < -0.3 is 9.80 Å². The molecule has 2 aromatic carbocycles. The van der Waals surface area contributed by atoms with E-state index in [1.54, 1.807) is 0 Å². The van der Waals surface area contributed by atoms with Crippen molar-refractivity contribution in [1.82, 2.24) is 10.2 Å². The van der Waals surface area contributed by atoms with Crippen LogP contribution in [0.25, 0.3) is 10.9 Å². The van der Waals surface area contributed by atoms with Gasteiger partial charge in [-0.2, -0.15) is 5.26 Å². The van der Waals surface area contributed by atoms with Gasteiger partial charge in [-0.3, -0.25) is 0 Å². The summed E-state index contributed by atoms with van der Waals surface area (Å²) in [5, 5.41) is 18.8. The number of piperazine rings is 1. The fraction of sp³-hybridized carbons (Fsp3) is 0.250. The maximum atomic E-state index is 9.49. The topological polar surface area (TPSA) is 56.0 Å². The molecule has 0 unspecified atom stereocenters. The highest BCUT2D eigenvalue weighted by atomic mass is 15.3. The normalized spacial score (nSPS) is 14.6. The van der Waals surface area contributed by atoms with Crippen molar-refractivity contribution >= 4 is 22.3 Å². The van der Waals surface area contributed by atoms with Crippen molar-refractivity contribution < 1.29 is 0 Å². The minimum absolute atomic E-state index is 0.406. The maximum Gasteiger partial charge on any atom is 0.187 e. The van der Waals surface area contributed by atoms with Gasteiger partial charge in [0.15, 0.2) is 5.69 Å². The molecule has 25 heavy (non-hydrogen) atoms. The van der Waals surface area contributed by atoms with Gasteiger partial charge >= 0.3 is 0 Å². The molecule has 0 radical (unpaired) electrons. The highest BCUT2D eigenvalue weighted by Crippen LogP contribution is 2.30. The molecule has 124 valence electrons. The molecule has 0 spiro atoms. The maximum absolute atomic E-state index is 9.49. The number of nitriles is 1. The number of hydrogen-bond acceptors (Lipinski definition) is 5. The molecule has 3 aromatic rings. The monoisotopic (exact) mass is 329 g/mol. The standard InChI is InChI=1S/C20H19N5/c1-15-6-2-5-9-19(15)24-10-12-25(13-11-24)20-16-7-3-4-8-17(16)22-23-18(20)14-21/h2-9H,10-13H2,1H3. The number of aryl methyl sites for hydroxylation is 1. The van der Waals surface area contributed by atoms with Crippen molar-refractivity contribution in [3.8, 4) is 6.07 Å². The van der Waals surface area contributed by atoms with E-state index in [0.717, 1.165) is 42.8 Å². The smallest absolute Gasteiger partial charge is 0.187 e. The molecule has 1 aromatic heterocycles. The van der Waals surface area contributed by atoms with Crippen LogP contribution in [0.15, 0.2) is 48.5 Å². The van der Waals surface area contributed by atoms with E-state index in [4.69, 9.17) is 0 Å². The molecule has 0 bridgehead atoms. The number of nitrogens with zero attached hydrogens (tertiary/aromatic N) is 5. The average Bonchev–Trinajstić information content (AvgIpc) is 2.67. The minimum atomic E-state index is 0.406. The van der Waals surface area contributed by atoms with Gasteiger partial charge in [0.05, 0.1) is 11.2 Å². The van der Waals surface area contributed by atoms with Crippen LogP contribution in [-0.2, 0) is 0 Å². The number of fused-ring (bicyclic) bond motifs is 1. The Balaban J connectivity index is 1.64. The van der Waals surface area contributed by atoms with Crippen LogP contribution in [0.3, 0.4) is 0 Å². The molecule has 5 heteroatoms. The highest BCUT2D eigenvalue weighted by Gasteiger charge is 2.23. The fourth-order valence-electron chi connectivity index (χ4n) is 3.52. The first-order valence-corrected chi connectivity index (χ1v) is 8.49. The van der Waals surface area contributed by atoms with Crippen LogP contribution in [0.5, 0.6) is 0 Å². The summed E-state index contributed by atoms with van der Waals surface area (Å²) in [5.41, 5.74) is 4.74. The SMILES string of the molecule is Cc1ccccc1N1CCN(c2c(C#N)nnc3ccccc23)CC1. The second kappa shape index (κ2) is 6.40. The zero-order chi connectivity index (χ0) is 17.2. The molecule has 0 N–H and O–H groups in total. The zero-order valence-electron chi connectivity index (χ0n) is 14.2. The lowest BCUT2D eigenvalue weighted by Gasteiger charge is -2.38. The Morgan fingerprint density at radius 1 is 0.880 bits per heavy atom. The lowest BCUT2D eigenvalue weighted by Crippen LogP contribution is -2.47. The number of anilines is 2. The molecule has 1 aliphatic heterocycles. The molecule has 5 nitrogen and oxygen atoms in total. The first-order valence-electron chi connectivity index (χ1n) is 8.49. The molecular formula is C20H19N5. The molecular weight excluding hydrogens is 310 g/mol. The summed E-state index contributed by atoms with van der Waals surface area (Å²) in [6.07, 6.45) is 0. The summed E-state index contributed by atoms with van der Waals surface area (Å²) < 4.78 is 0. The first kappa shape index (κ1) is 15.4. The third kappa shape index (κ3) is 2.76. The Labute approximate surface area is 147 Å². The Bertz CT molecular complexity index is 952. The second-order valence-corrected chi connectivity index (χ2v) is 6.29. The van der Waals surface area contributed by atoms with Gasteiger partial charge in [-0.15, -0.1) is 10.2 Å². The van der Waals surface area contributed by atoms with Crippen molar-refractivity contribution in [2.75, 3.05) is 36.0 Å². The predicted molar refractivity (Wildman–Crippen MR) is 99.9 cm³/mol. The summed E-state index contributed by atoms with van der Waals surface area (Å²) in [5.74, 6) is 0. The van der Waals surface area contributed by atoms with Gasteiger partial charge in [0.2, 0.25) is 0 Å². The van der Waals surface area contributed by atoms with E-state index in [1.165, 1.54) is 11.3 Å². The number of rotatable bonds is 2. The van der Waals surface area contributed by atoms with Gasteiger partial charge in [-0.25, -0.2) is 0 Å². The van der Waals surface area contributed by atoms with Crippen LogP contribution in [0.1, 0.15) is 11.3 Å². The summed E-state index contributed by atoms with van der Waals surface area (Å²) in [6, 6.07) is 18.6. The van der Waals surface area contributed by atoms with E-state index in [9.17, 15) is 5.26 Å². The Morgan fingerprint density at radius 3 is 2.32 bits per heavy atom. The molecule has 0 atom stereocenters. The van der Waals surface area contributed by atoms with Gasteiger partial charge in [0, 0.05) is 37.3 Å². The van der Waals surface area contributed by atoms with Crippen molar-refractivity contribution in [1.29, 1.82) is 5.26 Å². The summed E-state index contributed by atoms with van der Waals surface area (Å²) in [4.78, 5) is 4.68. The van der Waals surface area contributed by atoms with E-state index in [-0.39, 0.29) is 0 Å². The average molecular weight is 329 g/mol. The van der Waals surface area contributed by atoms with Crippen LogP contribution < -0.4 is 9.80 Å². The van der Waals surface area contributed by atoms with Crippen molar-refractivity contribution in [3.05, 3.63) is 59.8 Å². The minimum Gasteiger partial charge on any atom is -0.368 e. The van der Waals surface area contributed by atoms with E-state index < -0.39 is 0 Å². The number of para-hydroxylation sites is 1. The van der Waals surface area contributed by atoms with Gasteiger partial charge in [0.1, 0.15) is 6.07 Å². The third-order valence-electron chi connectivity index (χ3n) is 4.80. The van der Waals surface area contributed by atoms with E-state index in [0.29, 0.717) is 5.69 Å². The van der Waals surface area contributed by atoms with Crippen LogP contribution in [0, 0.1) is 18.3 Å². The van der Waals surface area contributed by atoms with Gasteiger partial charge in [-0.1, -0.05) is 36.4 Å². The number of aromatic nitrogens is 2. The van der Waals surface area contributed by atoms with E-state index in [2.05, 4.69) is 57.3 Å². The first-order chi connectivity index (χ1) is 12.3. The largest absolute Gasteiger partial charge is 0.368 e. The molecule has 0 aliphatic carbocycles. The molecule has 1 saturated heterocycles. The Kier molecular flexibility index (Phi) is 3.95.